The van der Waals surface area contributed by atoms with Crippen LogP contribution in [0, 0.1) is 0 Å². The van der Waals surface area contributed by atoms with E-state index >= 15 is 0 Å². The summed E-state index contributed by atoms with van der Waals surface area (Å²) in [7, 11) is 0. The number of nitrogens with zero attached hydrogens (tertiary/aromatic N) is 1. The minimum atomic E-state index is -0.507. The van der Waals surface area contributed by atoms with E-state index in [9.17, 15) is 9.59 Å². The lowest BCUT2D eigenvalue weighted by Gasteiger charge is -2.34. The van der Waals surface area contributed by atoms with Crippen molar-refractivity contribution in [1.82, 2.24) is 15.5 Å². The van der Waals surface area contributed by atoms with E-state index in [2.05, 4.69) is 15.5 Å². The quantitative estimate of drug-likeness (QED) is 0.732. The van der Waals surface area contributed by atoms with Crippen LogP contribution in [0.15, 0.2) is 6.07 Å². The molecule has 2 amide bonds. The third-order valence-corrected chi connectivity index (χ3v) is 4.79. The van der Waals surface area contributed by atoms with E-state index in [0.29, 0.717) is 5.69 Å². The first-order chi connectivity index (χ1) is 11.1. The molecule has 0 spiro atoms. The SMILES string of the molecule is NC(=O)c1cc([C@H]2C[C@@H](NC(=O)COC3CCCCC3)C2)n[nH]1. The first-order valence-electron chi connectivity index (χ1n) is 8.38. The molecule has 0 unspecified atom stereocenters. The molecule has 23 heavy (non-hydrogen) atoms. The zero-order valence-corrected chi connectivity index (χ0v) is 13.2. The number of primary amides is 1. The number of nitrogens with two attached hydrogens (primary N) is 1. The molecule has 0 radical (unpaired) electrons. The molecule has 2 aliphatic rings. The minimum absolute atomic E-state index is 0.0427. The van der Waals surface area contributed by atoms with Crippen LogP contribution in [-0.4, -0.2) is 40.8 Å². The highest BCUT2D eigenvalue weighted by atomic mass is 16.5. The van der Waals surface area contributed by atoms with Gasteiger partial charge in [-0.1, -0.05) is 19.3 Å². The molecule has 4 N–H and O–H groups in total. The fourth-order valence-electron chi connectivity index (χ4n) is 3.34. The van der Waals surface area contributed by atoms with E-state index < -0.39 is 5.91 Å². The Morgan fingerprint density at radius 2 is 2.04 bits per heavy atom. The monoisotopic (exact) mass is 320 g/mol. The van der Waals surface area contributed by atoms with Crippen LogP contribution in [0.4, 0.5) is 0 Å². The van der Waals surface area contributed by atoms with Crippen LogP contribution in [0.5, 0.6) is 0 Å². The molecule has 1 aromatic heterocycles. The number of hydrogen-bond acceptors (Lipinski definition) is 4. The molecule has 0 saturated heterocycles. The van der Waals surface area contributed by atoms with E-state index in [1.165, 1.54) is 19.3 Å². The number of rotatable bonds is 6. The van der Waals surface area contributed by atoms with Gasteiger partial charge in [0.05, 0.1) is 11.8 Å². The lowest BCUT2D eigenvalue weighted by atomic mass is 9.78. The van der Waals surface area contributed by atoms with Gasteiger partial charge in [-0.15, -0.1) is 0 Å². The first kappa shape index (κ1) is 16.0. The Morgan fingerprint density at radius 1 is 1.30 bits per heavy atom. The van der Waals surface area contributed by atoms with Crippen molar-refractivity contribution in [3.63, 3.8) is 0 Å². The van der Waals surface area contributed by atoms with Crippen molar-refractivity contribution >= 4 is 11.8 Å². The largest absolute Gasteiger partial charge is 0.368 e. The molecule has 0 aliphatic heterocycles. The van der Waals surface area contributed by atoms with Crippen LogP contribution >= 0.6 is 0 Å². The lowest BCUT2D eigenvalue weighted by Crippen LogP contribution is -2.45. The van der Waals surface area contributed by atoms with Crippen LogP contribution in [0.3, 0.4) is 0 Å². The summed E-state index contributed by atoms with van der Waals surface area (Å²) in [5, 5.41) is 9.73. The molecule has 3 rings (SSSR count). The Balaban J connectivity index is 1.36. The summed E-state index contributed by atoms with van der Waals surface area (Å²) in [4.78, 5) is 22.9. The number of aromatic amines is 1. The van der Waals surface area contributed by atoms with Crippen molar-refractivity contribution in [2.24, 2.45) is 5.73 Å². The zero-order chi connectivity index (χ0) is 16.2. The van der Waals surface area contributed by atoms with Gasteiger partial charge in [0.2, 0.25) is 5.91 Å². The molecule has 7 nitrogen and oxygen atoms in total. The maximum absolute atomic E-state index is 11.9. The predicted molar refractivity (Wildman–Crippen MR) is 83.8 cm³/mol. The van der Waals surface area contributed by atoms with Crippen LogP contribution < -0.4 is 11.1 Å². The average molecular weight is 320 g/mol. The third kappa shape index (κ3) is 4.10. The van der Waals surface area contributed by atoms with Gasteiger partial charge in [-0.2, -0.15) is 5.10 Å². The summed E-state index contributed by atoms with van der Waals surface area (Å²) in [6, 6.07) is 1.85. The highest BCUT2D eigenvalue weighted by Crippen LogP contribution is 2.36. The third-order valence-electron chi connectivity index (χ3n) is 4.79. The van der Waals surface area contributed by atoms with Gasteiger partial charge in [-0.05, 0) is 31.7 Å². The molecule has 0 atom stereocenters. The maximum atomic E-state index is 11.9. The van der Waals surface area contributed by atoms with Gasteiger partial charge < -0.3 is 15.8 Å². The van der Waals surface area contributed by atoms with Gasteiger partial charge in [0, 0.05) is 12.0 Å². The van der Waals surface area contributed by atoms with Crippen molar-refractivity contribution in [3.05, 3.63) is 17.5 Å². The fourth-order valence-corrected chi connectivity index (χ4v) is 3.34. The van der Waals surface area contributed by atoms with Gasteiger partial charge >= 0.3 is 0 Å². The number of carbonyl (C=O) groups is 2. The topological polar surface area (TPSA) is 110 Å². The second-order valence-electron chi connectivity index (χ2n) is 6.57. The molecule has 2 saturated carbocycles. The number of hydrogen-bond donors (Lipinski definition) is 3. The summed E-state index contributed by atoms with van der Waals surface area (Å²) in [5.74, 6) is -0.282. The summed E-state index contributed by atoms with van der Waals surface area (Å²) in [6.45, 7) is 0.153. The molecule has 1 heterocycles. The highest BCUT2D eigenvalue weighted by molar-refractivity contribution is 5.90. The molecule has 0 aromatic carbocycles. The molecule has 2 fully saturated rings. The van der Waals surface area contributed by atoms with Crippen molar-refractivity contribution in [1.29, 1.82) is 0 Å². The van der Waals surface area contributed by atoms with Crippen molar-refractivity contribution in [3.8, 4) is 0 Å². The van der Waals surface area contributed by atoms with E-state index in [1.807, 2.05) is 0 Å². The number of H-pyrrole nitrogens is 1. The number of aromatic nitrogens is 2. The smallest absolute Gasteiger partial charge is 0.266 e. The molecule has 1 aromatic rings. The Labute approximate surface area is 135 Å². The Bertz CT molecular complexity index is 559. The standard InChI is InChI=1S/C16H24N4O3/c17-16(22)14-8-13(19-20-14)10-6-11(7-10)18-15(21)9-23-12-4-2-1-3-5-12/h8,10-12H,1-7,9H2,(H2,17,22)(H,18,21)(H,19,20)/t10-,11+. The van der Waals surface area contributed by atoms with Crippen LogP contribution in [0.1, 0.15) is 67.0 Å². The molecular weight excluding hydrogens is 296 g/mol. The van der Waals surface area contributed by atoms with E-state index in [1.54, 1.807) is 6.07 Å². The number of ether oxygens (including phenoxy) is 1. The van der Waals surface area contributed by atoms with Gasteiger partial charge in [0.25, 0.3) is 5.91 Å². The summed E-state index contributed by atoms with van der Waals surface area (Å²) >= 11 is 0. The molecule has 0 bridgehead atoms. The van der Waals surface area contributed by atoms with Crippen LogP contribution in [0.25, 0.3) is 0 Å². The number of amides is 2. The van der Waals surface area contributed by atoms with Crippen molar-refractivity contribution < 1.29 is 14.3 Å². The van der Waals surface area contributed by atoms with E-state index in [-0.39, 0.29) is 30.6 Å². The summed E-state index contributed by atoms with van der Waals surface area (Å²) in [6.07, 6.45) is 7.73. The number of nitrogens with one attached hydrogen (secondary N) is 2. The fraction of sp³-hybridized carbons (Fsp3) is 0.688. The van der Waals surface area contributed by atoms with Gasteiger partial charge in [0.1, 0.15) is 12.3 Å². The van der Waals surface area contributed by atoms with Crippen LogP contribution in [-0.2, 0) is 9.53 Å². The maximum Gasteiger partial charge on any atom is 0.266 e. The first-order valence-corrected chi connectivity index (χ1v) is 8.38. The highest BCUT2D eigenvalue weighted by Gasteiger charge is 2.33. The molecular formula is C16H24N4O3. The van der Waals surface area contributed by atoms with Gasteiger partial charge in [0.15, 0.2) is 0 Å². The Kier molecular flexibility index (Phi) is 4.95. The zero-order valence-electron chi connectivity index (χ0n) is 13.2. The van der Waals surface area contributed by atoms with E-state index in [4.69, 9.17) is 10.5 Å². The van der Waals surface area contributed by atoms with Crippen molar-refractivity contribution in [2.45, 2.75) is 63.0 Å². The van der Waals surface area contributed by atoms with E-state index in [0.717, 1.165) is 31.4 Å². The second-order valence-corrected chi connectivity index (χ2v) is 6.57. The predicted octanol–water partition coefficient (Wildman–Crippen LogP) is 1.22. The molecule has 2 aliphatic carbocycles. The normalized spacial score (nSPS) is 24.9. The molecule has 126 valence electrons. The summed E-state index contributed by atoms with van der Waals surface area (Å²) < 4.78 is 5.67. The van der Waals surface area contributed by atoms with Crippen LogP contribution in [0.2, 0.25) is 0 Å². The summed E-state index contributed by atoms with van der Waals surface area (Å²) in [5.41, 5.74) is 6.36. The van der Waals surface area contributed by atoms with Crippen molar-refractivity contribution in [2.75, 3.05) is 6.61 Å². The second kappa shape index (κ2) is 7.12. The minimum Gasteiger partial charge on any atom is -0.368 e. The average Bonchev–Trinajstić information content (AvgIpc) is 2.99. The number of carbonyl (C=O) groups excluding carboxylic acids is 2. The Hall–Kier alpha value is -1.89. The lowest BCUT2D eigenvalue weighted by molar-refractivity contribution is -0.129. The molecule has 7 heteroatoms. The van der Waals surface area contributed by atoms with Gasteiger partial charge in [-0.3, -0.25) is 14.7 Å². The Morgan fingerprint density at radius 3 is 2.70 bits per heavy atom. The van der Waals surface area contributed by atoms with Gasteiger partial charge in [-0.25, -0.2) is 0 Å².